The van der Waals surface area contributed by atoms with Crippen molar-refractivity contribution in [3.8, 4) is 0 Å². The zero-order valence-electron chi connectivity index (χ0n) is 7.79. The summed E-state index contributed by atoms with van der Waals surface area (Å²) in [6.07, 6.45) is 4.57. The first kappa shape index (κ1) is 9.51. The van der Waals surface area contributed by atoms with E-state index in [9.17, 15) is 0 Å². The van der Waals surface area contributed by atoms with Crippen LogP contribution in [0.5, 0.6) is 0 Å². The van der Waals surface area contributed by atoms with Gasteiger partial charge in [0, 0.05) is 12.2 Å². The zero-order valence-corrected chi connectivity index (χ0v) is 8.60. The highest BCUT2D eigenvalue weighted by Crippen LogP contribution is 2.51. The van der Waals surface area contributed by atoms with Crippen molar-refractivity contribution in [3.63, 3.8) is 0 Å². The van der Waals surface area contributed by atoms with Crippen LogP contribution in [0.25, 0.3) is 0 Å². The SMILES string of the molecule is N=C(N)CC1(CSc2ncn[nH]2)CC1. The molecule has 1 aliphatic carbocycles. The average Bonchev–Trinajstić information content (AvgIpc) is 2.68. The van der Waals surface area contributed by atoms with Crippen molar-refractivity contribution in [2.45, 2.75) is 24.4 Å². The highest BCUT2D eigenvalue weighted by Gasteiger charge is 2.43. The topological polar surface area (TPSA) is 91.4 Å². The van der Waals surface area contributed by atoms with Crippen LogP contribution in [0.15, 0.2) is 11.5 Å². The van der Waals surface area contributed by atoms with Gasteiger partial charge in [-0.1, -0.05) is 11.8 Å². The molecule has 0 spiro atoms. The molecule has 1 aliphatic rings. The Balaban J connectivity index is 1.83. The van der Waals surface area contributed by atoms with E-state index in [1.165, 1.54) is 19.2 Å². The number of nitrogens with zero attached hydrogens (tertiary/aromatic N) is 2. The molecule has 0 amide bonds. The zero-order chi connectivity index (χ0) is 10.0. The molecule has 0 aliphatic heterocycles. The Morgan fingerprint density at radius 3 is 3.00 bits per heavy atom. The Morgan fingerprint density at radius 1 is 1.71 bits per heavy atom. The van der Waals surface area contributed by atoms with E-state index in [1.54, 1.807) is 11.8 Å². The van der Waals surface area contributed by atoms with E-state index < -0.39 is 0 Å². The quantitative estimate of drug-likeness (QED) is 0.385. The maximum Gasteiger partial charge on any atom is 0.183 e. The second-order valence-corrected chi connectivity index (χ2v) is 4.75. The molecular weight excluding hydrogens is 198 g/mol. The fourth-order valence-corrected chi connectivity index (χ4v) is 2.51. The van der Waals surface area contributed by atoms with Crippen molar-refractivity contribution in [2.24, 2.45) is 11.1 Å². The van der Waals surface area contributed by atoms with Gasteiger partial charge < -0.3 is 5.73 Å². The third kappa shape index (κ3) is 2.25. The molecule has 14 heavy (non-hydrogen) atoms. The number of aromatic amines is 1. The van der Waals surface area contributed by atoms with Gasteiger partial charge in [0.05, 0.1) is 5.84 Å². The van der Waals surface area contributed by atoms with Crippen LogP contribution in [0.3, 0.4) is 0 Å². The lowest BCUT2D eigenvalue weighted by molar-refractivity contribution is 0.611. The van der Waals surface area contributed by atoms with Gasteiger partial charge in [-0.25, -0.2) is 4.98 Å². The van der Waals surface area contributed by atoms with Crippen LogP contribution in [0.2, 0.25) is 0 Å². The summed E-state index contributed by atoms with van der Waals surface area (Å²) in [5.74, 6) is 1.27. The monoisotopic (exact) mass is 211 g/mol. The lowest BCUT2D eigenvalue weighted by atomic mass is 10.1. The third-order valence-corrected chi connectivity index (χ3v) is 3.66. The van der Waals surface area contributed by atoms with Crippen molar-refractivity contribution in [3.05, 3.63) is 6.33 Å². The Labute approximate surface area is 86.4 Å². The molecule has 0 aromatic carbocycles. The van der Waals surface area contributed by atoms with E-state index >= 15 is 0 Å². The second-order valence-electron chi connectivity index (χ2n) is 3.78. The summed E-state index contributed by atoms with van der Waals surface area (Å²) >= 11 is 1.66. The van der Waals surface area contributed by atoms with Crippen molar-refractivity contribution in [1.29, 1.82) is 5.41 Å². The summed E-state index contributed by atoms with van der Waals surface area (Å²) in [5.41, 5.74) is 5.67. The van der Waals surface area contributed by atoms with Crippen LogP contribution in [0.1, 0.15) is 19.3 Å². The van der Waals surface area contributed by atoms with Gasteiger partial charge in [-0.15, -0.1) is 0 Å². The van der Waals surface area contributed by atoms with E-state index in [4.69, 9.17) is 11.1 Å². The third-order valence-electron chi connectivity index (χ3n) is 2.43. The fourth-order valence-electron chi connectivity index (χ4n) is 1.44. The molecule has 6 heteroatoms. The van der Waals surface area contributed by atoms with Crippen LogP contribution in [0, 0.1) is 10.8 Å². The molecule has 0 unspecified atom stereocenters. The minimum Gasteiger partial charge on any atom is -0.388 e. The molecule has 0 bridgehead atoms. The van der Waals surface area contributed by atoms with Gasteiger partial charge >= 0.3 is 0 Å². The molecular formula is C8H13N5S. The van der Waals surface area contributed by atoms with E-state index in [0.29, 0.717) is 12.3 Å². The minimum absolute atomic E-state index is 0.267. The number of H-pyrrole nitrogens is 1. The fraction of sp³-hybridized carbons (Fsp3) is 0.625. The first-order valence-electron chi connectivity index (χ1n) is 4.51. The summed E-state index contributed by atoms with van der Waals surface area (Å²) in [4.78, 5) is 4.04. The first-order valence-corrected chi connectivity index (χ1v) is 5.50. The molecule has 1 aromatic rings. The number of hydrogen-bond donors (Lipinski definition) is 3. The van der Waals surface area contributed by atoms with Gasteiger partial charge in [-0.3, -0.25) is 10.5 Å². The Bertz CT molecular complexity index is 316. The molecule has 5 nitrogen and oxygen atoms in total. The number of nitrogens with two attached hydrogens (primary N) is 1. The Kier molecular flexibility index (Phi) is 2.45. The highest BCUT2D eigenvalue weighted by atomic mass is 32.2. The summed E-state index contributed by atoms with van der Waals surface area (Å²) in [6.45, 7) is 0. The van der Waals surface area contributed by atoms with Crippen LogP contribution in [-0.2, 0) is 0 Å². The van der Waals surface area contributed by atoms with E-state index in [-0.39, 0.29) is 5.41 Å². The summed E-state index contributed by atoms with van der Waals surface area (Å²) in [5, 5.41) is 14.7. The van der Waals surface area contributed by atoms with Crippen molar-refractivity contribution in [1.82, 2.24) is 15.2 Å². The minimum atomic E-state index is 0.267. The van der Waals surface area contributed by atoms with Gasteiger partial charge in [-0.05, 0) is 18.3 Å². The van der Waals surface area contributed by atoms with Gasteiger partial charge in [0.25, 0.3) is 0 Å². The van der Waals surface area contributed by atoms with Crippen LogP contribution >= 0.6 is 11.8 Å². The molecule has 1 aromatic heterocycles. The van der Waals surface area contributed by atoms with Crippen molar-refractivity contribution < 1.29 is 0 Å². The van der Waals surface area contributed by atoms with E-state index in [0.717, 1.165) is 10.9 Å². The second kappa shape index (κ2) is 3.61. The Morgan fingerprint density at radius 2 is 2.50 bits per heavy atom. The van der Waals surface area contributed by atoms with Crippen molar-refractivity contribution in [2.75, 3.05) is 5.75 Å². The predicted molar refractivity (Wildman–Crippen MR) is 55.3 cm³/mol. The molecule has 1 fully saturated rings. The van der Waals surface area contributed by atoms with Gasteiger partial charge in [0.1, 0.15) is 6.33 Å². The van der Waals surface area contributed by atoms with E-state index in [2.05, 4.69) is 15.2 Å². The molecule has 0 atom stereocenters. The average molecular weight is 211 g/mol. The summed E-state index contributed by atoms with van der Waals surface area (Å²) in [7, 11) is 0. The lowest BCUT2D eigenvalue weighted by Gasteiger charge is -2.11. The highest BCUT2D eigenvalue weighted by molar-refractivity contribution is 7.99. The molecule has 2 rings (SSSR count). The van der Waals surface area contributed by atoms with Gasteiger partial charge in [-0.2, -0.15) is 5.10 Å². The molecule has 1 saturated carbocycles. The number of nitrogens with one attached hydrogen (secondary N) is 2. The summed E-state index contributed by atoms with van der Waals surface area (Å²) < 4.78 is 0. The maximum absolute atomic E-state index is 7.28. The standard InChI is InChI=1S/C8H13N5S/c9-6(10)3-8(1-2-8)4-14-7-11-5-12-13-7/h5H,1-4H2,(H3,9,10)(H,11,12,13). The molecule has 0 radical (unpaired) electrons. The Hall–Kier alpha value is -1.04. The maximum atomic E-state index is 7.28. The number of rotatable bonds is 5. The van der Waals surface area contributed by atoms with E-state index in [1.807, 2.05) is 0 Å². The number of aromatic nitrogens is 3. The van der Waals surface area contributed by atoms with Crippen LogP contribution < -0.4 is 5.73 Å². The largest absolute Gasteiger partial charge is 0.388 e. The molecule has 76 valence electrons. The van der Waals surface area contributed by atoms with Gasteiger partial charge in [0.2, 0.25) is 0 Å². The lowest BCUT2D eigenvalue weighted by Crippen LogP contribution is -2.18. The van der Waals surface area contributed by atoms with Crippen LogP contribution in [-0.4, -0.2) is 26.8 Å². The molecule has 4 N–H and O–H groups in total. The molecule has 1 heterocycles. The van der Waals surface area contributed by atoms with Crippen LogP contribution in [0.4, 0.5) is 0 Å². The number of thioether (sulfide) groups is 1. The normalized spacial score (nSPS) is 18.0. The first-order chi connectivity index (χ1) is 6.70. The predicted octanol–water partition coefficient (Wildman–Crippen LogP) is 1.00. The van der Waals surface area contributed by atoms with Crippen molar-refractivity contribution >= 4 is 17.6 Å². The van der Waals surface area contributed by atoms with Gasteiger partial charge in [0.15, 0.2) is 5.16 Å². The summed E-state index contributed by atoms with van der Waals surface area (Å²) in [6, 6.07) is 0. The smallest absolute Gasteiger partial charge is 0.183 e. The number of amidine groups is 1. The number of hydrogen-bond acceptors (Lipinski definition) is 4. The molecule has 0 saturated heterocycles.